The van der Waals surface area contributed by atoms with E-state index in [1.54, 1.807) is 12.1 Å². The second-order valence-corrected chi connectivity index (χ2v) is 5.64. The molecule has 0 radical (unpaired) electrons. The Labute approximate surface area is 121 Å². The van der Waals surface area contributed by atoms with Crippen LogP contribution in [0.4, 0.5) is 0 Å². The second-order valence-electron chi connectivity index (χ2n) is 5.64. The largest absolute Gasteiger partial charge is 0.427 e. The molecule has 0 aromatic carbocycles. The highest BCUT2D eigenvalue weighted by molar-refractivity contribution is 5.80. The number of unbranched alkanes of at least 4 members (excludes halogenated alkanes) is 4. The van der Waals surface area contributed by atoms with Gasteiger partial charge in [-0.25, -0.2) is 4.79 Å². The molecule has 0 aliphatic rings. The maximum absolute atomic E-state index is 11.9. The van der Waals surface area contributed by atoms with Gasteiger partial charge >= 0.3 is 5.63 Å². The van der Waals surface area contributed by atoms with E-state index in [-0.39, 0.29) is 17.8 Å². The van der Waals surface area contributed by atoms with E-state index in [0.29, 0.717) is 18.1 Å². The molecule has 0 saturated heterocycles. The Morgan fingerprint density at radius 3 is 2.65 bits per heavy atom. The number of carbonyl (C=O) groups excluding carboxylic acids is 1. The van der Waals surface area contributed by atoms with Crippen molar-refractivity contribution in [3.8, 4) is 0 Å². The van der Waals surface area contributed by atoms with Gasteiger partial charge in [0.25, 0.3) is 0 Å². The zero-order valence-corrected chi connectivity index (χ0v) is 12.7. The number of Topliss-reactive ketones (excluding diaryl/α,β-unsaturated/α-hetero) is 1. The standard InChI is InChI=1S/C17H26O3/c1-3-4-5-6-7-9-14(2)12-15(18)13-16-10-8-11-17(19)20-16/h8,10-11,14H,3-7,9,12-13H2,1-2H3. The van der Waals surface area contributed by atoms with Gasteiger partial charge in [0, 0.05) is 12.5 Å². The Hall–Kier alpha value is -1.38. The molecular formula is C17H26O3. The molecule has 0 saturated carbocycles. The van der Waals surface area contributed by atoms with E-state index < -0.39 is 0 Å². The second kappa shape index (κ2) is 9.51. The lowest BCUT2D eigenvalue weighted by Gasteiger charge is -2.10. The van der Waals surface area contributed by atoms with Gasteiger partial charge in [-0.2, -0.15) is 0 Å². The summed E-state index contributed by atoms with van der Waals surface area (Å²) in [5.41, 5.74) is -0.390. The predicted molar refractivity (Wildman–Crippen MR) is 80.8 cm³/mol. The van der Waals surface area contributed by atoms with Crippen molar-refractivity contribution < 1.29 is 9.21 Å². The van der Waals surface area contributed by atoms with E-state index >= 15 is 0 Å². The van der Waals surface area contributed by atoms with E-state index in [1.165, 1.54) is 38.2 Å². The van der Waals surface area contributed by atoms with Crippen LogP contribution in [0.1, 0.15) is 64.6 Å². The maximum atomic E-state index is 11.9. The Kier molecular flexibility index (Phi) is 7.93. The summed E-state index contributed by atoms with van der Waals surface area (Å²) in [6.45, 7) is 4.34. The summed E-state index contributed by atoms with van der Waals surface area (Å²) < 4.78 is 4.98. The van der Waals surface area contributed by atoms with Gasteiger partial charge in [-0.05, 0) is 12.0 Å². The van der Waals surface area contributed by atoms with Gasteiger partial charge in [0.05, 0.1) is 6.42 Å². The Bertz CT molecular complexity index is 448. The number of hydrogen-bond donors (Lipinski definition) is 0. The fraction of sp³-hybridized carbons (Fsp3) is 0.647. The van der Waals surface area contributed by atoms with E-state index in [1.807, 2.05) is 0 Å². The zero-order chi connectivity index (χ0) is 14.8. The molecule has 1 unspecified atom stereocenters. The van der Waals surface area contributed by atoms with Crippen molar-refractivity contribution in [1.29, 1.82) is 0 Å². The third kappa shape index (κ3) is 7.27. The molecule has 0 spiro atoms. The topological polar surface area (TPSA) is 47.3 Å². The van der Waals surface area contributed by atoms with Crippen LogP contribution in [0.3, 0.4) is 0 Å². The minimum atomic E-state index is -0.390. The van der Waals surface area contributed by atoms with Crippen LogP contribution in [0.15, 0.2) is 27.4 Å². The van der Waals surface area contributed by atoms with Gasteiger partial charge in [-0.3, -0.25) is 4.79 Å². The van der Waals surface area contributed by atoms with Gasteiger partial charge in [0.15, 0.2) is 0 Å². The molecule has 112 valence electrons. The third-order valence-corrected chi connectivity index (χ3v) is 3.49. The molecule has 0 aliphatic heterocycles. The Morgan fingerprint density at radius 2 is 1.95 bits per heavy atom. The van der Waals surface area contributed by atoms with Crippen molar-refractivity contribution in [2.45, 2.75) is 65.2 Å². The molecule has 0 amide bonds. The average Bonchev–Trinajstić information content (AvgIpc) is 2.38. The van der Waals surface area contributed by atoms with Crippen LogP contribution in [0.2, 0.25) is 0 Å². The normalized spacial score (nSPS) is 12.3. The predicted octanol–water partition coefficient (Wildman–Crippen LogP) is 4.14. The van der Waals surface area contributed by atoms with Crippen LogP contribution in [-0.4, -0.2) is 5.78 Å². The summed E-state index contributed by atoms with van der Waals surface area (Å²) in [5, 5.41) is 0. The quantitative estimate of drug-likeness (QED) is 0.604. The SMILES string of the molecule is CCCCCCCC(C)CC(=O)Cc1cccc(=O)o1. The molecule has 1 aromatic heterocycles. The summed E-state index contributed by atoms with van der Waals surface area (Å²) in [7, 11) is 0. The van der Waals surface area contributed by atoms with Crippen molar-refractivity contribution in [1.82, 2.24) is 0 Å². The molecule has 0 fully saturated rings. The van der Waals surface area contributed by atoms with Crippen LogP contribution in [0, 0.1) is 5.92 Å². The first-order valence-corrected chi connectivity index (χ1v) is 7.72. The zero-order valence-electron chi connectivity index (χ0n) is 12.7. The van der Waals surface area contributed by atoms with Crippen molar-refractivity contribution in [3.05, 3.63) is 34.4 Å². The number of hydrogen-bond acceptors (Lipinski definition) is 3. The van der Waals surface area contributed by atoms with E-state index in [0.717, 1.165) is 6.42 Å². The number of rotatable bonds is 10. The molecule has 3 heteroatoms. The molecule has 1 atom stereocenters. The van der Waals surface area contributed by atoms with Gasteiger partial charge in [-0.15, -0.1) is 0 Å². The molecule has 0 N–H and O–H groups in total. The van der Waals surface area contributed by atoms with Crippen molar-refractivity contribution in [2.75, 3.05) is 0 Å². The van der Waals surface area contributed by atoms with Gasteiger partial charge in [0.1, 0.15) is 11.5 Å². The molecule has 0 aliphatic carbocycles. The summed E-state index contributed by atoms with van der Waals surface area (Å²) in [5.74, 6) is 1.04. The van der Waals surface area contributed by atoms with Crippen molar-refractivity contribution in [2.24, 2.45) is 5.92 Å². The molecule has 3 nitrogen and oxygen atoms in total. The van der Waals surface area contributed by atoms with Gasteiger partial charge in [-0.1, -0.05) is 58.4 Å². The van der Waals surface area contributed by atoms with E-state index in [9.17, 15) is 9.59 Å². The number of carbonyl (C=O) groups is 1. The van der Waals surface area contributed by atoms with E-state index in [4.69, 9.17) is 4.42 Å². The summed E-state index contributed by atoms with van der Waals surface area (Å²) >= 11 is 0. The fourth-order valence-corrected chi connectivity index (χ4v) is 2.38. The Morgan fingerprint density at radius 1 is 1.20 bits per heavy atom. The lowest BCUT2D eigenvalue weighted by Crippen LogP contribution is -2.10. The monoisotopic (exact) mass is 278 g/mol. The highest BCUT2D eigenvalue weighted by Gasteiger charge is 2.11. The third-order valence-electron chi connectivity index (χ3n) is 3.49. The van der Waals surface area contributed by atoms with Crippen LogP contribution < -0.4 is 5.63 Å². The van der Waals surface area contributed by atoms with Crippen molar-refractivity contribution >= 4 is 5.78 Å². The summed E-state index contributed by atoms with van der Waals surface area (Å²) in [4.78, 5) is 23.0. The van der Waals surface area contributed by atoms with Crippen LogP contribution >= 0.6 is 0 Å². The molecule has 1 heterocycles. The molecule has 20 heavy (non-hydrogen) atoms. The Balaban J connectivity index is 2.22. The first-order chi connectivity index (χ1) is 9.61. The molecule has 0 bridgehead atoms. The smallest absolute Gasteiger partial charge is 0.335 e. The lowest BCUT2D eigenvalue weighted by molar-refractivity contribution is -0.119. The average molecular weight is 278 g/mol. The lowest BCUT2D eigenvalue weighted by atomic mass is 9.96. The summed E-state index contributed by atoms with van der Waals surface area (Å²) in [6, 6.07) is 4.67. The van der Waals surface area contributed by atoms with Crippen LogP contribution in [0.5, 0.6) is 0 Å². The van der Waals surface area contributed by atoms with E-state index in [2.05, 4.69) is 13.8 Å². The first kappa shape index (κ1) is 16.7. The molecule has 1 aromatic rings. The molecular weight excluding hydrogens is 252 g/mol. The van der Waals surface area contributed by atoms with Crippen LogP contribution in [-0.2, 0) is 11.2 Å². The first-order valence-electron chi connectivity index (χ1n) is 7.72. The highest BCUT2D eigenvalue weighted by atomic mass is 16.4. The number of ketones is 1. The summed E-state index contributed by atoms with van der Waals surface area (Å²) in [6.07, 6.45) is 8.24. The minimum absolute atomic E-state index is 0.153. The maximum Gasteiger partial charge on any atom is 0.335 e. The molecule has 1 rings (SSSR count). The minimum Gasteiger partial charge on any atom is -0.427 e. The van der Waals surface area contributed by atoms with Gasteiger partial charge < -0.3 is 4.42 Å². The van der Waals surface area contributed by atoms with Crippen LogP contribution in [0.25, 0.3) is 0 Å². The fourth-order valence-electron chi connectivity index (χ4n) is 2.38. The van der Waals surface area contributed by atoms with Crippen molar-refractivity contribution in [3.63, 3.8) is 0 Å². The highest BCUT2D eigenvalue weighted by Crippen LogP contribution is 2.15. The van der Waals surface area contributed by atoms with Gasteiger partial charge in [0.2, 0.25) is 0 Å².